The van der Waals surface area contributed by atoms with Crippen LogP contribution in [0.3, 0.4) is 0 Å². The first kappa shape index (κ1) is 32.2. The fraction of sp³-hybridized carbons (Fsp3) is 0.281. The van der Waals surface area contributed by atoms with Gasteiger partial charge in [0.1, 0.15) is 33.4 Å². The zero-order valence-corrected chi connectivity index (χ0v) is 26.8. The van der Waals surface area contributed by atoms with Gasteiger partial charge in [-0.05, 0) is 68.8 Å². The number of fused-ring (bicyclic) bond motifs is 1. The molecule has 0 spiro atoms. The molecule has 15 heteroatoms. The fourth-order valence-corrected chi connectivity index (χ4v) is 7.20. The lowest BCUT2D eigenvalue weighted by Gasteiger charge is -2.19. The number of hydrogen-bond donors (Lipinski definition) is 2. The number of aryl methyl sites for hydroxylation is 1. The first-order chi connectivity index (χ1) is 22.6. The van der Waals surface area contributed by atoms with Crippen LogP contribution in [0.1, 0.15) is 35.9 Å². The molecule has 242 valence electrons. The number of ether oxygens (including phenoxy) is 1. The number of thiazole rings is 2. The van der Waals surface area contributed by atoms with Crippen molar-refractivity contribution >= 4 is 50.4 Å². The molecule has 1 aliphatic heterocycles. The minimum Gasteiger partial charge on any atom is -0.497 e. The van der Waals surface area contributed by atoms with Crippen LogP contribution in [-0.4, -0.2) is 62.1 Å². The molecule has 10 nitrogen and oxygen atoms in total. The van der Waals surface area contributed by atoms with Gasteiger partial charge in [-0.25, -0.2) is 9.97 Å². The molecule has 0 bridgehead atoms. The second-order valence-electron chi connectivity index (χ2n) is 10.8. The van der Waals surface area contributed by atoms with E-state index in [1.54, 1.807) is 41.0 Å². The third-order valence-corrected chi connectivity index (χ3v) is 9.72. The predicted octanol–water partition coefficient (Wildman–Crippen LogP) is 7.22. The number of aromatic nitrogens is 3. The zero-order chi connectivity index (χ0) is 33.3. The molecule has 4 heterocycles. The molecule has 2 N–H and O–H groups in total. The number of carboxylic acids is 1. The van der Waals surface area contributed by atoms with Crippen LogP contribution in [0.2, 0.25) is 0 Å². The van der Waals surface area contributed by atoms with E-state index in [0.717, 1.165) is 17.8 Å². The van der Waals surface area contributed by atoms with Gasteiger partial charge in [0.05, 0.1) is 12.8 Å². The SMILES string of the molecule is CCn1cc(/C(=N/Nc2nc(-c3ccc(OC)cc3)c(C#N)s2)C(F)(F)F)c2cc(-c3nc(CN4CCC[C@H]4C(=O)O)cs3)ccc21. The van der Waals surface area contributed by atoms with Crippen molar-refractivity contribution < 1.29 is 27.8 Å². The van der Waals surface area contributed by atoms with Gasteiger partial charge in [-0.2, -0.15) is 23.5 Å². The van der Waals surface area contributed by atoms with Crippen LogP contribution in [-0.2, 0) is 17.9 Å². The fourth-order valence-electron chi connectivity index (χ4n) is 5.66. The Morgan fingerprint density at radius 2 is 1.98 bits per heavy atom. The van der Waals surface area contributed by atoms with Crippen LogP contribution in [0.4, 0.5) is 18.3 Å². The van der Waals surface area contributed by atoms with Crippen LogP contribution >= 0.6 is 22.7 Å². The van der Waals surface area contributed by atoms with E-state index in [-0.39, 0.29) is 15.6 Å². The van der Waals surface area contributed by atoms with Crippen LogP contribution in [0.25, 0.3) is 32.7 Å². The quantitative estimate of drug-likeness (QED) is 0.117. The number of methoxy groups -OCH3 is 1. The summed E-state index contributed by atoms with van der Waals surface area (Å²) in [6.07, 6.45) is -2.01. The van der Waals surface area contributed by atoms with Crippen molar-refractivity contribution in [2.75, 3.05) is 19.1 Å². The Morgan fingerprint density at radius 1 is 1.21 bits per heavy atom. The van der Waals surface area contributed by atoms with E-state index in [9.17, 15) is 28.3 Å². The molecule has 1 fully saturated rings. The lowest BCUT2D eigenvalue weighted by atomic mass is 10.1. The molecule has 2 aromatic carbocycles. The van der Waals surface area contributed by atoms with Crippen LogP contribution in [0.15, 0.2) is 59.1 Å². The summed E-state index contributed by atoms with van der Waals surface area (Å²) in [5, 5.41) is 25.8. The lowest BCUT2D eigenvalue weighted by Crippen LogP contribution is -2.35. The number of benzene rings is 2. The number of carbonyl (C=O) groups is 1. The normalized spacial score (nSPS) is 15.7. The van der Waals surface area contributed by atoms with Gasteiger partial charge in [-0.3, -0.25) is 15.1 Å². The summed E-state index contributed by atoms with van der Waals surface area (Å²) in [4.78, 5) is 22.8. The van der Waals surface area contributed by atoms with Gasteiger partial charge in [-0.15, -0.1) is 11.3 Å². The van der Waals surface area contributed by atoms with Crippen LogP contribution in [0.5, 0.6) is 5.75 Å². The van der Waals surface area contributed by atoms with E-state index in [1.807, 2.05) is 23.3 Å². The molecular weight excluding hydrogens is 652 g/mol. The predicted molar refractivity (Wildman–Crippen MR) is 175 cm³/mol. The molecule has 0 radical (unpaired) electrons. The second-order valence-corrected chi connectivity index (χ2v) is 12.6. The maximum atomic E-state index is 14.6. The zero-order valence-electron chi connectivity index (χ0n) is 25.2. The van der Waals surface area contributed by atoms with Crippen molar-refractivity contribution in [1.29, 1.82) is 5.26 Å². The summed E-state index contributed by atoms with van der Waals surface area (Å²) in [6.45, 7) is 3.32. The Balaban J connectivity index is 1.33. The molecular formula is C32H28F3N7O3S2. The number of nitrogens with one attached hydrogen (secondary N) is 1. The summed E-state index contributed by atoms with van der Waals surface area (Å²) in [5.74, 6) is -0.244. The molecule has 0 amide bonds. The summed E-state index contributed by atoms with van der Waals surface area (Å²) in [6, 6.07) is 13.6. The summed E-state index contributed by atoms with van der Waals surface area (Å²) >= 11 is 2.26. The number of hydrogen-bond acceptors (Lipinski definition) is 10. The number of halogens is 3. The summed E-state index contributed by atoms with van der Waals surface area (Å²) < 4.78 is 50.8. The Morgan fingerprint density at radius 3 is 2.66 bits per heavy atom. The Labute approximate surface area is 275 Å². The van der Waals surface area contributed by atoms with Crippen molar-refractivity contribution in [1.82, 2.24) is 19.4 Å². The average molecular weight is 680 g/mol. The summed E-state index contributed by atoms with van der Waals surface area (Å²) in [5.41, 5.74) is 4.08. The molecule has 0 saturated carbocycles. The van der Waals surface area contributed by atoms with Crippen molar-refractivity contribution in [3.63, 3.8) is 0 Å². The number of rotatable bonds is 10. The van der Waals surface area contributed by atoms with Crippen molar-refractivity contribution in [3.05, 3.63) is 70.2 Å². The van der Waals surface area contributed by atoms with E-state index >= 15 is 0 Å². The molecule has 1 atom stereocenters. The molecule has 0 unspecified atom stereocenters. The lowest BCUT2D eigenvalue weighted by molar-refractivity contribution is -0.142. The topological polar surface area (TPSA) is 129 Å². The summed E-state index contributed by atoms with van der Waals surface area (Å²) in [7, 11) is 1.53. The van der Waals surface area contributed by atoms with E-state index in [1.165, 1.54) is 24.6 Å². The molecule has 0 aliphatic carbocycles. The molecule has 5 aromatic rings. The number of alkyl halides is 3. The highest BCUT2D eigenvalue weighted by atomic mass is 32.1. The minimum absolute atomic E-state index is 0.0347. The number of aliphatic carboxylic acids is 1. The first-order valence-electron chi connectivity index (χ1n) is 14.6. The third-order valence-electron chi connectivity index (χ3n) is 7.91. The van der Waals surface area contributed by atoms with E-state index < -0.39 is 23.9 Å². The largest absolute Gasteiger partial charge is 0.497 e. The van der Waals surface area contributed by atoms with Crippen LogP contribution in [0, 0.1) is 11.3 Å². The number of likely N-dealkylation sites (tertiary alicyclic amines) is 1. The Hall–Kier alpha value is -4.78. The molecule has 1 aliphatic rings. The van der Waals surface area contributed by atoms with Crippen LogP contribution < -0.4 is 10.2 Å². The molecule has 47 heavy (non-hydrogen) atoms. The smallest absolute Gasteiger partial charge is 0.435 e. The molecule has 3 aromatic heterocycles. The van der Waals surface area contributed by atoms with Gasteiger partial charge in [0.25, 0.3) is 0 Å². The molecule has 6 rings (SSSR count). The maximum absolute atomic E-state index is 14.6. The van der Waals surface area contributed by atoms with Gasteiger partial charge in [0.15, 0.2) is 5.71 Å². The average Bonchev–Trinajstić information content (AvgIpc) is 3.87. The number of carboxylic acid groups (broad SMARTS) is 1. The highest BCUT2D eigenvalue weighted by molar-refractivity contribution is 7.16. The first-order valence-corrected chi connectivity index (χ1v) is 16.3. The van der Waals surface area contributed by atoms with E-state index in [2.05, 4.69) is 21.6 Å². The highest BCUT2D eigenvalue weighted by Gasteiger charge is 2.39. The van der Waals surface area contributed by atoms with Gasteiger partial charge in [0.2, 0.25) is 5.13 Å². The standard InChI is InChI=1S/C32H28F3N7O3S2/c1-3-41-16-23(22-13-19(8-11-24(22)41)29-37-20(17-46-29)15-42-12-4-5-25(42)30(43)44)28(32(33,34)35)39-40-31-38-27(26(14-36)47-31)18-6-9-21(45-2)10-7-18/h6-11,13,16-17,25H,3-5,12,15H2,1-2H3,(H,38,40)(H,43,44)/b39-28-/t25-/m0/s1. The monoisotopic (exact) mass is 679 g/mol. The van der Waals surface area contributed by atoms with Crippen molar-refractivity contribution in [2.24, 2.45) is 5.10 Å². The van der Waals surface area contributed by atoms with Gasteiger partial charge in [-0.1, -0.05) is 11.3 Å². The van der Waals surface area contributed by atoms with E-state index in [0.29, 0.717) is 70.2 Å². The van der Waals surface area contributed by atoms with Crippen molar-refractivity contribution in [3.8, 4) is 33.6 Å². The minimum atomic E-state index is -4.82. The number of nitriles is 1. The number of nitrogens with zero attached hydrogens (tertiary/aromatic N) is 6. The number of hydrazone groups is 1. The van der Waals surface area contributed by atoms with Crippen molar-refractivity contribution in [2.45, 2.75) is 45.1 Å². The number of anilines is 1. The van der Waals surface area contributed by atoms with Gasteiger partial charge < -0.3 is 14.4 Å². The molecule has 1 saturated heterocycles. The Bertz CT molecular complexity index is 2010. The Kier molecular flexibility index (Phi) is 9.00. The van der Waals surface area contributed by atoms with Gasteiger partial charge in [0, 0.05) is 52.3 Å². The maximum Gasteiger partial charge on any atom is 0.435 e. The highest BCUT2D eigenvalue weighted by Crippen LogP contribution is 2.35. The van der Waals surface area contributed by atoms with Gasteiger partial charge >= 0.3 is 12.1 Å². The third kappa shape index (κ3) is 6.57. The second kappa shape index (κ2) is 13.1. The van der Waals surface area contributed by atoms with E-state index in [4.69, 9.17) is 9.72 Å².